The molecule has 0 unspecified atom stereocenters. The standard InChI is InChI=1S/C27H33F5O2/c1-3-6-17-8-10-18(11-9-17)7-5-16-34-21-14-12-19(23(25(21)29)27(31)32)20-13-15-22(33-4-2)26(30)24(20)28/h12-15,17-18,27H,3-11,16H2,1-2H3. The molecule has 1 aliphatic rings. The van der Waals surface area contributed by atoms with Gasteiger partial charge in [-0.25, -0.2) is 17.6 Å². The predicted molar refractivity (Wildman–Crippen MR) is 123 cm³/mol. The first-order valence-electron chi connectivity index (χ1n) is 12.2. The van der Waals surface area contributed by atoms with Crippen molar-refractivity contribution in [3.8, 4) is 22.6 Å². The molecule has 0 atom stereocenters. The summed E-state index contributed by atoms with van der Waals surface area (Å²) >= 11 is 0. The summed E-state index contributed by atoms with van der Waals surface area (Å²) in [6.45, 7) is 4.13. The summed E-state index contributed by atoms with van der Waals surface area (Å²) in [5.74, 6) is -3.11. The zero-order valence-corrected chi connectivity index (χ0v) is 19.8. The summed E-state index contributed by atoms with van der Waals surface area (Å²) in [5.41, 5.74) is -1.88. The lowest BCUT2D eigenvalue weighted by atomic mass is 9.78. The van der Waals surface area contributed by atoms with Crippen molar-refractivity contribution in [1.29, 1.82) is 0 Å². The van der Waals surface area contributed by atoms with E-state index in [4.69, 9.17) is 9.47 Å². The summed E-state index contributed by atoms with van der Waals surface area (Å²) in [5, 5.41) is 0. The molecule has 0 heterocycles. The fraction of sp³-hybridized carbons (Fsp3) is 0.556. The first-order valence-corrected chi connectivity index (χ1v) is 12.2. The van der Waals surface area contributed by atoms with Gasteiger partial charge in [-0.05, 0) is 61.4 Å². The topological polar surface area (TPSA) is 18.5 Å². The molecule has 2 aromatic rings. The fourth-order valence-electron chi connectivity index (χ4n) is 4.91. The second kappa shape index (κ2) is 12.4. The van der Waals surface area contributed by atoms with Crippen molar-refractivity contribution in [2.24, 2.45) is 11.8 Å². The highest BCUT2D eigenvalue weighted by atomic mass is 19.3. The molecule has 0 aliphatic heterocycles. The molecule has 2 nitrogen and oxygen atoms in total. The van der Waals surface area contributed by atoms with Crippen LogP contribution >= 0.6 is 0 Å². The number of ether oxygens (including phenoxy) is 2. The van der Waals surface area contributed by atoms with E-state index in [1.165, 1.54) is 44.6 Å². The van der Waals surface area contributed by atoms with Crippen LogP contribution in [0.15, 0.2) is 24.3 Å². The van der Waals surface area contributed by atoms with Crippen LogP contribution in [0.25, 0.3) is 11.1 Å². The smallest absolute Gasteiger partial charge is 0.267 e. The summed E-state index contributed by atoms with van der Waals surface area (Å²) in [4.78, 5) is 0. The highest BCUT2D eigenvalue weighted by molar-refractivity contribution is 5.70. The van der Waals surface area contributed by atoms with Crippen LogP contribution in [0.3, 0.4) is 0 Å². The number of rotatable bonds is 11. The Bertz CT molecular complexity index is 939. The zero-order chi connectivity index (χ0) is 24.7. The van der Waals surface area contributed by atoms with Crippen LogP contribution in [-0.2, 0) is 0 Å². The number of hydrogen-bond acceptors (Lipinski definition) is 2. The van der Waals surface area contributed by atoms with Crippen LogP contribution in [0.4, 0.5) is 22.0 Å². The van der Waals surface area contributed by atoms with Gasteiger partial charge in [0.15, 0.2) is 23.1 Å². The van der Waals surface area contributed by atoms with Gasteiger partial charge in [0.05, 0.1) is 18.8 Å². The number of halogens is 5. The largest absolute Gasteiger partial charge is 0.491 e. The maximum Gasteiger partial charge on any atom is 0.267 e. The molecule has 1 saturated carbocycles. The third kappa shape index (κ3) is 6.22. The monoisotopic (exact) mass is 484 g/mol. The molecule has 0 radical (unpaired) electrons. The molecule has 34 heavy (non-hydrogen) atoms. The SMILES string of the molecule is CCCC1CCC(CCCOc2ccc(-c3ccc(OCC)c(F)c3F)c(C(F)F)c2F)CC1. The Hall–Kier alpha value is -2.31. The molecule has 0 amide bonds. The number of hydrogen-bond donors (Lipinski definition) is 0. The minimum atomic E-state index is -3.23. The van der Waals surface area contributed by atoms with Crippen LogP contribution < -0.4 is 9.47 Å². The van der Waals surface area contributed by atoms with Crippen molar-refractivity contribution >= 4 is 0 Å². The van der Waals surface area contributed by atoms with Gasteiger partial charge in [0.25, 0.3) is 6.43 Å². The average Bonchev–Trinajstić information content (AvgIpc) is 2.82. The first-order chi connectivity index (χ1) is 16.4. The summed E-state index contributed by atoms with van der Waals surface area (Å²) in [6, 6.07) is 4.60. The molecule has 1 aliphatic carbocycles. The Morgan fingerprint density at radius 2 is 1.35 bits per heavy atom. The molecule has 3 rings (SSSR count). The van der Waals surface area contributed by atoms with E-state index < -0.39 is 40.6 Å². The lowest BCUT2D eigenvalue weighted by Crippen LogP contribution is -2.15. The molecule has 1 fully saturated rings. The van der Waals surface area contributed by atoms with Crippen LogP contribution in [0.5, 0.6) is 11.5 Å². The lowest BCUT2D eigenvalue weighted by molar-refractivity contribution is 0.145. The van der Waals surface area contributed by atoms with Crippen molar-refractivity contribution in [2.75, 3.05) is 13.2 Å². The van der Waals surface area contributed by atoms with Crippen LogP contribution in [-0.4, -0.2) is 13.2 Å². The van der Waals surface area contributed by atoms with E-state index in [1.807, 2.05) is 0 Å². The Kier molecular flexibility index (Phi) is 9.60. The lowest BCUT2D eigenvalue weighted by Gasteiger charge is -2.28. The molecule has 2 aromatic carbocycles. The zero-order valence-electron chi connectivity index (χ0n) is 19.8. The van der Waals surface area contributed by atoms with Crippen molar-refractivity contribution in [3.05, 3.63) is 47.3 Å². The van der Waals surface area contributed by atoms with Gasteiger partial charge >= 0.3 is 0 Å². The van der Waals surface area contributed by atoms with Gasteiger partial charge in [0.2, 0.25) is 5.82 Å². The minimum absolute atomic E-state index is 0.110. The predicted octanol–water partition coefficient (Wildman–Crippen LogP) is 8.87. The van der Waals surface area contributed by atoms with Gasteiger partial charge in [-0.1, -0.05) is 45.4 Å². The van der Waals surface area contributed by atoms with Gasteiger partial charge in [-0.3, -0.25) is 0 Å². The molecule has 0 aromatic heterocycles. The van der Waals surface area contributed by atoms with E-state index in [0.717, 1.165) is 30.5 Å². The van der Waals surface area contributed by atoms with Gasteiger partial charge in [-0.15, -0.1) is 0 Å². The summed E-state index contributed by atoms with van der Waals surface area (Å²) in [7, 11) is 0. The Balaban J connectivity index is 1.67. The summed E-state index contributed by atoms with van der Waals surface area (Å²) < 4.78 is 81.8. The van der Waals surface area contributed by atoms with E-state index in [2.05, 4.69) is 6.92 Å². The van der Waals surface area contributed by atoms with Crippen LogP contribution in [0, 0.1) is 29.3 Å². The molecule has 0 bridgehead atoms. The van der Waals surface area contributed by atoms with Crippen LogP contribution in [0.1, 0.15) is 77.2 Å². The molecular formula is C27H33F5O2. The van der Waals surface area contributed by atoms with Gasteiger partial charge in [0, 0.05) is 5.56 Å². The number of alkyl halides is 2. The first kappa shape index (κ1) is 26.3. The fourth-order valence-corrected chi connectivity index (χ4v) is 4.91. The molecule has 0 spiro atoms. The van der Waals surface area contributed by atoms with E-state index in [0.29, 0.717) is 12.3 Å². The Morgan fingerprint density at radius 1 is 0.765 bits per heavy atom. The summed E-state index contributed by atoms with van der Waals surface area (Å²) in [6.07, 6.45) is 5.79. The second-order valence-corrected chi connectivity index (χ2v) is 8.98. The average molecular weight is 485 g/mol. The number of benzene rings is 2. The molecule has 7 heteroatoms. The highest BCUT2D eigenvalue weighted by Crippen LogP contribution is 2.40. The highest BCUT2D eigenvalue weighted by Gasteiger charge is 2.26. The quantitative estimate of drug-likeness (QED) is 0.234. The van der Waals surface area contributed by atoms with E-state index in [1.54, 1.807) is 6.92 Å². The normalized spacial score (nSPS) is 18.4. The minimum Gasteiger partial charge on any atom is -0.491 e. The van der Waals surface area contributed by atoms with E-state index in [-0.39, 0.29) is 24.7 Å². The van der Waals surface area contributed by atoms with Gasteiger partial charge in [0.1, 0.15) is 0 Å². The maximum absolute atomic E-state index is 15.0. The third-order valence-corrected chi connectivity index (χ3v) is 6.68. The third-order valence-electron chi connectivity index (χ3n) is 6.68. The molecular weight excluding hydrogens is 451 g/mol. The molecule has 188 valence electrons. The van der Waals surface area contributed by atoms with E-state index in [9.17, 15) is 22.0 Å². The van der Waals surface area contributed by atoms with Crippen molar-refractivity contribution < 1.29 is 31.4 Å². The van der Waals surface area contributed by atoms with Crippen LogP contribution in [0.2, 0.25) is 0 Å². The van der Waals surface area contributed by atoms with Crippen molar-refractivity contribution in [2.45, 2.75) is 71.6 Å². The van der Waals surface area contributed by atoms with E-state index >= 15 is 0 Å². The van der Waals surface area contributed by atoms with Crippen molar-refractivity contribution in [1.82, 2.24) is 0 Å². The van der Waals surface area contributed by atoms with Crippen molar-refractivity contribution in [3.63, 3.8) is 0 Å². The Labute approximate surface area is 198 Å². The molecule has 0 saturated heterocycles. The maximum atomic E-state index is 15.0. The Morgan fingerprint density at radius 3 is 1.94 bits per heavy atom. The second-order valence-electron chi connectivity index (χ2n) is 8.98. The van der Waals surface area contributed by atoms with Gasteiger partial charge < -0.3 is 9.47 Å². The van der Waals surface area contributed by atoms with Gasteiger partial charge in [-0.2, -0.15) is 4.39 Å². The molecule has 0 N–H and O–H groups in total.